The van der Waals surface area contributed by atoms with Gasteiger partial charge in [0, 0.05) is 38.4 Å². The number of likely N-dealkylation sites (N-methyl/N-ethyl adjacent to an activating group) is 1. The minimum Gasteiger partial charge on any atom is -0.399 e. The lowest BCUT2D eigenvalue weighted by atomic mass is 9.95. The fourth-order valence-corrected chi connectivity index (χ4v) is 3.00. The molecule has 0 aromatic rings. The molecule has 0 spiro atoms. The van der Waals surface area contributed by atoms with Crippen molar-refractivity contribution in [3.63, 3.8) is 0 Å². The molecule has 20 heavy (non-hydrogen) atoms. The van der Waals surface area contributed by atoms with Gasteiger partial charge in [-0.3, -0.25) is 4.79 Å². The normalized spacial score (nSPS) is 27.9. The first-order valence-corrected chi connectivity index (χ1v) is 7.57. The quantitative estimate of drug-likeness (QED) is 0.441. The first-order valence-electron chi connectivity index (χ1n) is 7.04. The highest BCUT2D eigenvalue weighted by molar-refractivity contribution is 6.17. The van der Waals surface area contributed by atoms with Crippen molar-refractivity contribution in [2.24, 2.45) is 11.1 Å². The van der Waals surface area contributed by atoms with Gasteiger partial charge in [0.05, 0.1) is 5.71 Å². The Balaban J connectivity index is 2.15. The number of halogens is 1. The smallest absolute Gasteiger partial charge is 0.246 e. The molecule has 0 aromatic heterocycles. The molecule has 0 saturated carbocycles. The summed E-state index contributed by atoms with van der Waals surface area (Å²) in [6.07, 6.45) is 6.81. The Morgan fingerprint density at radius 3 is 3.00 bits per heavy atom. The van der Waals surface area contributed by atoms with Crippen LogP contribution in [-0.2, 0) is 9.63 Å². The molecule has 0 N–H and O–H groups in total. The molecule has 0 aromatic carbocycles. The molecule has 1 saturated heterocycles. The summed E-state index contributed by atoms with van der Waals surface area (Å²) in [7, 11) is 3.40. The standard InChI is InChI=1S/C14H22ClN3O2/c1-17-9-6-12(16-20-2)11-5-10-18(8-4-3-7-15)13(11)14(17)19/h5,10-11,13H,3-4,6-9H2,1-2H3/b16-12-. The maximum atomic E-state index is 12.5. The van der Waals surface area contributed by atoms with Crippen LogP contribution >= 0.6 is 11.6 Å². The second-order valence-electron chi connectivity index (χ2n) is 5.22. The Morgan fingerprint density at radius 2 is 2.30 bits per heavy atom. The molecule has 1 fully saturated rings. The molecule has 2 aliphatic rings. The van der Waals surface area contributed by atoms with Crippen molar-refractivity contribution < 1.29 is 9.63 Å². The fraction of sp³-hybridized carbons (Fsp3) is 0.714. The zero-order valence-corrected chi connectivity index (χ0v) is 12.8. The molecule has 2 unspecified atom stereocenters. The Morgan fingerprint density at radius 1 is 1.50 bits per heavy atom. The van der Waals surface area contributed by atoms with Crippen LogP contribution in [0.15, 0.2) is 17.4 Å². The van der Waals surface area contributed by atoms with Gasteiger partial charge in [0.15, 0.2) is 0 Å². The molecule has 2 heterocycles. The van der Waals surface area contributed by atoms with Crippen molar-refractivity contribution in [1.29, 1.82) is 0 Å². The van der Waals surface area contributed by atoms with E-state index in [0.29, 0.717) is 12.4 Å². The number of rotatable bonds is 5. The van der Waals surface area contributed by atoms with Gasteiger partial charge in [0.2, 0.25) is 5.91 Å². The highest BCUT2D eigenvalue weighted by Gasteiger charge is 2.41. The minimum absolute atomic E-state index is 0.0309. The van der Waals surface area contributed by atoms with Crippen molar-refractivity contribution in [2.75, 3.05) is 33.1 Å². The molecule has 2 rings (SSSR count). The van der Waals surface area contributed by atoms with Gasteiger partial charge in [-0.2, -0.15) is 0 Å². The molecule has 5 nitrogen and oxygen atoms in total. The Hall–Kier alpha value is -1.23. The number of hydrogen-bond donors (Lipinski definition) is 0. The number of hydrogen-bond acceptors (Lipinski definition) is 4. The molecule has 2 aliphatic heterocycles. The van der Waals surface area contributed by atoms with Gasteiger partial charge < -0.3 is 14.6 Å². The van der Waals surface area contributed by atoms with E-state index < -0.39 is 0 Å². The molecule has 1 amide bonds. The van der Waals surface area contributed by atoms with E-state index in [1.54, 1.807) is 12.0 Å². The molecule has 0 bridgehead atoms. The van der Waals surface area contributed by atoms with E-state index in [-0.39, 0.29) is 17.9 Å². The fourth-order valence-electron chi connectivity index (χ4n) is 2.81. The van der Waals surface area contributed by atoms with E-state index in [9.17, 15) is 4.79 Å². The van der Waals surface area contributed by atoms with Gasteiger partial charge in [0.25, 0.3) is 0 Å². The first kappa shape index (κ1) is 15.2. The number of carbonyl (C=O) groups excluding carboxylic acids is 1. The third kappa shape index (κ3) is 3.08. The SMILES string of the molecule is CO/N=C1/CCN(C)C(=O)C2C1C=CN2CCCCCl. The summed E-state index contributed by atoms with van der Waals surface area (Å²) in [5.74, 6) is 0.853. The second-order valence-corrected chi connectivity index (χ2v) is 5.60. The number of nitrogens with zero attached hydrogens (tertiary/aromatic N) is 3. The summed E-state index contributed by atoms with van der Waals surface area (Å²) in [5, 5.41) is 4.12. The lowest BCUT2D eigenvalue weighted by Crippen LogP contribution is -2.46. The van der Waals surface area contributed by atoms with Crippen molar-refractivity contribution in [3.8, 4) is 0 Å². The van der Waals surface area contributed by atoms with Crippen molar-refractivity contribution >= 4 is 23.2 Å². The van der Waals surface area contributed by atoms with Crippen LogP contribution in [0, 0.1) is 5.92 Å². The first-order chi connectivity index (χ1) is 9.69. The number of fused-ring (bicyclic) bond motifs is 1. The van der Waals surface area contributed by atoms with Crippen molar-refractivity contribution in [3.05, 3.63) is 12.3 Å². The molecule has 2 atom stereocenters. The van der Waals surface area contributed by atoms with Crippen LogP contribution in [0.5, 0.6) is 0 Å². The number of unbranched alkanes of at least 4 members (excludes halogenated alkanes) is 1. The molecule has 6 heteroatoms. The third-order valence-electron chi connectivity index (χ3n) is 3.91. The summed E-state index contributed by atoms with van der Waals surface area (Å²) in [6.45, 7) is 1.54. The average molecular weight is 300 g/mol. The molecule has 0 aliphatic carbocycles. The van der Waals surface area contributed by atoms with Crippen LogP contribution in [0.3, 0.4) is 0 Å². The van der Waals surface area contributed by atoms with Gasteiger partial charge >= 0.3 is 0 Å². The molecular weight excluding hydrogens is 278 g/mol. The number of oxime groups is 1. The predicted molar refractivity (Wildman–Crippen MR) is 79.8 cm³/mol. The Kier molecular flexibility index (Phi) is 5.29. The van der Waals surface area contributed by atoms with Crippen LogP contribution in [0.2, 0.25) is 0 Å². The lowest BCUT2D eigenvalue weighted by Gasteiger charge is -2.29. The third-order valence-corrected chi connectivity index (χ3v) is 4.18. The summed E-state index contributed by atoms with van der Waals surface area (Å²) < 4.78 is 0. The topological polar surface area (TPSA) is 45.1 Å². The van der Waals surface area contributed by atoms with Gasteiger partial charge in [0.1, 0.15) is 13.2 Å². The highest BCUT2D eigenvalue weighted by atomic mass is 35.5. The number of alkyl halides is 1. The molecule has 112 valence electrons. The van der Waals surface area contributed by atoms with E-state index in [1.807, 2.05) is 13.2 Å². The minimum atomic E-state index is -0.174. The van der Waals surface area contributed by atoms with Gasteiger partial charge in [-0.15, -0.1) is 11.6 Å². The monoisotopic (exact) mass is 299 g/mol. The van der Waals surface area contributed by atoms with Gasteiger partial charge in [-0.1, -0.05) is 11.2 Å². The summed E-state index contributed by atoms with van der Waals surface area (Å²) in [6, 6.07) is -0.174. The van der Waals surface area contributed by atoms with Crippen LogP contribution in [0.4, 0.5) is 0 Å². The molecule has 0 radical (unpaired) electrons. The average Bonchev–Trinajstić information content (AvgIpc) is 2.81. The van der Waals surface area contributed by atoms with Crippen LogP contribution in [-0.4, -0.2) is 60.6 Å². The van der Waals surface area contributed by atoms with E-state index in [1.165, 1.54) is 0 Å². The summed E-state index contributed by atoms with van der Waals surface area (Å²) in [5.41, 5.74) is 0.950. The summed E-state index contributed by atoms with van der Waals surface area (Å²) >= 11 is 5.72. The van der Waals surface area contributed by atoms with Gasteiger partial charge in [-0.05, 0) is 19.0 Å². The number of likely N-dealkylation sites (tertiary alicyclic amines) is 1. The maximum Gasteiger partial charge on any atom is 0.246 e. The number of amides is 1. The maximum absolute atomic E-state index is 12.5. The zero-order chi connectivity index (χ0) is 14.5. The van der Waals surface area contributed by atoms with Crippen LogP contribution in [0.25, 0.3) is 0 Å². The van der Waals surface area contributed by atoms with E-state index in [0.717, 1.165) is 31.5 Å². The Labute approximate surface area is 125 Å². The number of carbonyl (C=O) groups is 1. The molecular formula is C14H22ClN3O2. The van der Waals surface area contributed by atoms with E-state index >= 15 is 0 Å². The largest absolute Gasteiger partial charge is 0.399 e. The Bertz CT molecular complexity index is 411. The van der Waals surface area contributed by atoms with Crippen LogP contribution < -0.4 is 0 Å². The van der Waals surface area contributed by atoms with E-state index in [2.05, 4.69) is 16.1 Å². The van der Waals surface area contributed by atoms with E-state index in [4.69, 9.17) is 16.4 Å². The van der Waals surface area contributed by atoms with Crippen molar-refractivity contribution in [1.82, 2.24) is 9.80 Å². The van der Waals surface area contributed by atoms with Crippen LogP contribution in [0.1, 0.15) is 19.3 Å². The highest BCUT2D eigenvalue weighted by Crippen LogP contribution is 2.28. The predicted octanol–water partition coefficient (Wildman–Crippen LogP) is 1.68. The second kappa shape index (κ2) is 6.97. The van der Waals surface area contributed by atoms with Gasteiger partial charge in [-0.25, -0.2) is 0 Å². The zero-order valence-electron chi connectivity index (χ0n) is 12.1. The lowest BCUT2D eigenvalue weighted by molar-refractivity contribution is -0.134. The summed E-state index contributed by atoms with van der Waals surface area (Å²) in [4.78, 5) is 21.4. The van der Waals surface area contributed by atoms with Crippen molar-refractivity contribution in [2.45, 2.75) is 25.3 Å².